The predicted molar refractivity (Wildman–Crippen MR) is 110 cm³/mol. The third kappa shape index (κ3) is 4.48. The van der Waals surface area contributed by atoms with Crippen LogP contribution in [-0.2, 0) is 13.0 Å². The van der Waals surface area contributed by atoms with Crippen molar-refractivity contribution in [2.24, 2.45) is 5.92 Å². The lowest BCUT2D eigenvalue weighted by atomic mass is 10.0. The summed E-state index contributed by atoms with van der Waals surface area (Å²) < 4.78 is 7.56. The fraction of sp³-hybridized carbons (Fsp3) is 0.304. The van der Waals surface area contributed by atoms with E-state index in [1.807, 2.05) is 12.1 Å². The lowest BCUT2D eigenvalue weighted by Gasteiger charge is -2.16. The first kappa shape index (κ1) is 18.1. The number of hydrogen-bond donors (Lipinski definition) is 1. The maximum Gasteiger partial charge on any atom is 0.118 e. The minimum atomic E-state index is 0.608. The van der Waals surface area contributed by atoms with Crippen molar-refractivity contribution in [3.05, 3.63) is 77.5 Å². The molecule has 3 rings (SSSR count). The number of benzene rings is 2. The molecular formula is C23H28N2O. The van der Waals surface area contributed by atoms with E-state index >= 15 is 0 Å². The Balaban J connectivity index is 1.83. The fourth-order valence-corrected chi connectivity index (χ4v) is 3.20. The van der Waals surface area contributed by atoms with E-state index < -0.39 is 0 Å². The van der Waals surface area contributed by atoms with Gasteiger partial charge in [-0.2, -0.15) is 0 Å². The summed E-state index contributed by atoms with van der Waals surface area (Å²) in [5.74, 6) is 2.65. The highest BCUT2D eigenvalue weighted by Crippen LogP contribution is 2.26. The van der Waals surface area contributed by atoms with Crippen LogP contribution in [0, 0.1) is 12.8 Å². The zero-order valence-corrected chi connectivity index (χ0v) is 16.1. The Morgan fingerprint density at radius 2 is 1.77 bits per heavy atom. The Hall–Kier alpha value is -2.68. The Morgan fingerprint density at radius 1 is 1.04 bits per heavy atom. The largest absolute Gasteiger partial charge is 0.497 e. The molecule has 3 heteroatoms. The van der Waals surface area contributed by atoms with Crippen molar-refractivity contribution >= 4 is 11.5 Å². The average Bonchev–Trinajstić information content (AvgIpc) is 2.95. The average molecular weight is 348 g/mol. The van der Waals surface area contributed by atoms with Crippen LogP contribution in [0.2, 0.25) is 0 Å². The number of aryl methyl sites for hydroxylation is 1. The fourth-order valence-electron chi connectivity index (χ4n) is 3.20. The molecule has 0 amide bonds. The van der Waals surface area contributed by atoms with Gasteiger partial charge in [-0.1, -0.05) is 44.2 Å². The van der Waals surface area contributed by atoms with Crippen molar-refractivity contribution < 1.29 is 4.74 Å². The normalized spacial score (nSPS) is 11.0. The summed E-state index contributed by atoms with van der Waals surface area (Å²) >= 11 is 0. The van der Waals surface area contributed by atoms with E-state index in [0.717, 1.165) is 30.2 Å². The highest BCUT2D eigenvalue weighted by Gasteiger charge is 2.09. The number of aromatic nitrogens is 1. The molecule has 0 atom stereocenters. The highest BCUT2D eigenvalue weighted by atomic mass is 16.5. The molecule has 3 aromatic rings. The summed E-state index contributed by atoms with van der Waals surface area (Å²) in [6.45, 7) is 7.65. The summed E-state index contributed by atoms with van der Waals surface area (Å²) in [5.41, 5.74) is 4.99. The van der Waals surface area contributed by atoms with Gasteiger partial charge < -0.3 is 14.6 Å². The maximum absolute atomic E-state index is 5.25. The molecule has 0 aliphatic rings. The number of nitrogens with one attached hydrogen (secondary N) is 1. The number of hydrogen-bond acceptors (Lipinski definition) is 2. The van der Waals surface area contributed by atoms with E-state index in [2.05, 4.69) is 79.3 Å². The molecule has 0 saturated carbocycles. The lowest BCUT2D eigenvalue weighted by Crippen LogP contribution is -2.07. The van der Waals surface area contributed by atoms with E-state index in [4.69, 9.17) is 4.74 Å². The molecule has 1 N–H and O–H groups in total. The van der Waals surface area contributed by atoms with E-state index in [1.54, 1.807) is 7.11 Å². The molecule has 26 heavy (non-hydrogen) atoms. The van der Waals surface area contributed by atoms with Crippen LogP contribution in [0.5, 0.6) is 5.75 Å². The molecule has 2 aromatic carbocycles. The van der Waals surface area contributed by atoms with E-state index in [0.29, 0.717) is 5.92 Å². The van der Waals surface area contributed by atoms with Crippen LogP contribution in [-0.4, -0.2) is 11.7 Å². The third-order valence-electron chi connectivity index (χ3n) is 4.43. The van der Waals surface area contributed by atoms with Gasteiger partial charge in [0, 0.05) is 18.4 Å². The molecule has 0 fully saturated rings. The van der Waals surface area contributed by atoms with Gasteiger partial charge in [-0.15, -0.1) is 0 Å². The molecule has 0 aliphatic carbocycles. The smallest absolute Gasteiger partial charge is 0.118 e. The molecular weight excluding hydrogens is 320 g/mol. The van der Waals surface area contributed by atoms with Crippen molar-refractivity contribution in [1.82, 2.24) is 4.57 Å². The van der Waals surface area contributed by atoms with Gasteiger partial charge in [0.2, 0.25) is 0 Å². The van der Waals surface area contributed by atoms with Gasteiger partial charge >= 0.3 is 0 Å². The van der Waals surface area contributed by atoms with Gasteiger partial charge in [-0.25, -0.2) is 0 Å². The van der Waals surface area contributed by atoms with Crippen LogP contribution in [0.3, 0.4) is 0 Å². The van der Waals surface area contributed by atoms with Crippen LogP contribution in [0.25, 0.3) is 0 Å². The number of methoxy groups -OCH3 is 1. The van der Waals surface area contributed by atoms with Crippen LogP contribution >= 0.6 is 0 Å². The van der Waals surface area contributed by atoms with Crippen molar-refractivity contribution in [3.63, 3.8) is 0 Å². The van der Waals surface area contributed by atoms with Gasteiger partial charge in [0.05, 0.1) is 7.11 Å². The van der Waals surface area contributed by atoms with E-state index in [9.17, 15) is 0 Å². The van der Waals surface area contributed by atoms with Crippen molar-refractivity contribution in [2.45, 2.75) is 33.7 Å². The van der Waals surface area contributed by atoms with Crippen molar-refractivity contribution in [1.29, 1.82) is 0 Å². The molecule has 0 aliphatic heterocycles. The summed E-state index contributed by atoms with van der Waals surface area (Å²) in [6.07, 6.45) is 3.10. The zero-order chi connectivity index (χ0) is 18.5. The molecule has 0 saturated heterocycles. The number of rotatable bonds is 7. The molecule has 136 valence electrons. The number of anilines is 2. The first-order chi connectivity index (χ1) is 12.5. The summed E-state index contributed by atoms with van der Waals surface area (Å²) in [5, 5.41) is 3.65. The molecule has 0 bridgehead atoms. The predicted octanol–water partition coefficient (Wildman–Crippen LogP) is 5.80. The van der Waals surface area contributed by atoms with Gasteiger partial charge in [-0.3, -0.25) is 0 Å². The van der Waals surface area contributed by atoms with Gasteiger partial charge in [0.15, 0.2) is 0 Å². The first-order valence-electron chi connectivity index (χ1n) is 9.20. The second kappa shape index (κ2) is 8.13. The number of nitrogens with zero attached hydrogens (tertiary/aromatic N) is 1. The third-order valence-corrected chi connectivity index (χ3v) is 4.43. The second-order valence-corrected chi connectivity index (χ2v) is 7.26. The summed E-state index contributed by atoms with van der Waals surface area (Å²) in [7, 11) is 1.70. The maximum atomic E-state index is 5.25. The van der Waals surface area contributed by atoms with Crippen LogP contribution in [0.1, 0.15) is 30.5 Å². The topological polar surface area (TPSA) is 26.2 Å². The Kier molecular flexibility index (Phi) is 5.67. The monoisotopic (exact) mass is 348 g/mol. The van der Waals surface area contributed by atoms with Gasteiger partial charge in [0.1, 0.15) is 11.6 Å². The minimum absolute atomic E-state index is 0.608. The van der Waals surface area contributed by atoms with Crippen molar-refractivity contribution in [3.8, 4) is 5.75 Å². The quantitative estimate of drug-likeness (QED) is 0.584. The zero-order valence-electron chi connectivity index (χ0n) is 16.1. The molecule has 0 spiro atoms. The van der Waals surface area contributed by atoms with Gasteiger partial charge in [0.25, 0.3) is 0 Å². The standard InChI is InChI=1S/C23H28N2O/c1-17(2)15-25-16-18(3)13-23(25)24-22-8-6-5-7-20(22)14-19-9-11-21(26-4)12-10-19/h5-13,16-17,24H,14-15H2,1-4H3. The number of ether oxygens (including phenoxy) is 1. The molecule has 0 unspecified atom stereocenters. The summed E-state index contributed by atoms with van der Waals surface area (Å²) in [6, 6.07) is 19.0. The Labute approximate surface area is 156 Å². The minimum Gasteiger partial charge on any atom is -0.497 e. The second-order valence-electron chi connectivity index (χ2n) is 7.26. The van der Waals surface area contributed by atoms with Crippen LogP contribution < -0.4 is 10.1 Å². The molecule has 3 nitrogen and oxygen atoms in total. The molecule has 1 aromatic heterocycles. The highest BCUT2D eigenvalue weighted by molar-refractivity contribution is 5.62. The van der Waals surface area contributed by atoms with E-state index in [1.165, 1.54) is 16.7 Å². The van der Waals surface area contributed by atoms with Crippen LogP contribution in [0.4, 0.5) is 11.5 Å². The number of para-hydroxylation sites is 1. The van der Waals surface area contributed by atoms with Gasteiger partial charge in [-0.05, 0) is 60.2 Å². The van der Waals surface area contributed by atoms with Crippen molar-refractivity contribution in [2.75, 3.05) is 12.4 Å². The molecule has 0 radical (unpaired) electrons. The van der Waals surface area contributed by atoms with Crippen LogP contribution in [0.15, 0.2) is 60.8 Å². The first-order valence-corrected chi connectivity index (χ1v) is 9.20. The lowest BCUT2D eigenvalue weighted by molar-refractivity contribution is 0.414. The Bertz CT molecular complexity index is 847. The molecule has 1 heterocycles. The van der Waals surface area contributed by atoms with E-state index in [-0.39, 0.29) is 0 Å². The Morgan fingerprint density at radius 3 is 2.46 bits per heavy atom. The SMILES string of the molecule is COc1ccc(Cc2ccccc2Nc2cc(C)cn2CC(C)C)cc1. The summed E-state index contributed by atoms with van der Waals surface area (Å²) in [4.78, 5) is 0.